The van der Waals surface area contributed by atoms with Gasteiger partial charge in [-0.2, -0.15) is 0 Å². The van der Waals surface area contributed by atoms with Gasteiger partial charge in [0.15, 0.2) is 0 Å². The Balaban J connectivity index is 2.09. The van der Waals surface area contributed by atoms with Crippen LogP contribution in [0.4, 0.5) is 4.39 Å². The topological polar surface area (TPSA) is 72.5 Å². The minimum absolute atomic E-state index is 0.175. The Morgan fingerprint density at radius 2 is 1.71 bits per heavy atom. The molecule has 28 heavy (non-hydrogen) atoms. The van der Waals surface area contributed by atoms with Crippen LogP contribution in [0.25, 0.3) is 0 Å². The summed E-state index contributed by atoms with van der Waals surface area (Å²) in [6.45, 7) is 3.55. The molecule has 0 radical (unpaired) electrons. The van der Waals surface area contributed by atoms with Crippen LogP contribution in [0.2, 0.25) is 0 Å². The molecular formula is C21H24FNO4S. The molecule has 150 valence electrons. The number of halogens is 1. The zero-order valence-electron chi connectivity index (χ0n) is 16.1. The summed E-state index contributed by atoms with van der Waals surface area (Å²) in [7, 11) is -2.38. The first-order valence-electron chi connectivity index (χ1n) is 8.81. The van der Waals surface area contributed by atoms with Gasteiger partial charge < -0.3 is 4.74 Å². The van der Waals surface area contributed by atoms with E-state index in [2.05, 4.69) is 4.72 Å². The fraction of sp³-hybridized carbons (Fsp3) is 0.286. The van der Waals surface area contributed by atoms with Gasteiger partial charge in [-0.15, -0.1) is 0 Å². The van der Waals surface area contributed by atoms with Crippen molar-refractivity contribution in [3.05, 3.63) is 77.6 Å². The lowest BCUT2D eigenvalue weighted by Crippen LogP contribution is -2.31. The molecule has 2 aromatic carbocycles. The fourth-order valence-electron chi connectivity index (χ4n) is 2.63. The first-order chi connectivity index (χ1) is 13.2. The van der Waals surface area contributed by atoms with Crippen molar-refractivity contribution in [1.82, 2.24) is 4.72 Å². The lowest BCUT2D eigenvalue weighted by molar-refractivity contribution is -0.143. The van der Waals surface area contributed by atoms with Crippen molar-refractivity contribution in [2.75, 3.05) is 7.11 Å². The third-order valence-electron chi connectivity index (χ3n) is 4.18. The molecule has 2 atom stereocenters. The summed E-state index contributed by atoms with van der Waals surface area (Å²) in [4.78, 5) is 12.2. The highest BCUT2D eigenvalue weighted by molar-refractivity contribution is 7.89. The highest BCUT2D eigenvalue weighted by Gasteiger charge is 2.19. The molecule has 0 fully saturated rings. The van der Waals surface area contributed by atoms with Crippen LogP contribution in [0, 0.1) is 18.7 Å². The normalized spacial score (nSPS) is 14.0. The third kappa shape index (κ3) is 6.28. The molecule has 0 spiro atoms. The summed E-state index contributed by atoms with van der Waals surface area (Å²) in [5, 5.41) is 0. The van der Waals surface area contributed by atoms with Crippen LogP contribution < -0.4 is 4.72 Å². The van der Waals surface area contributed by atoms with E-state index in [0.717, 1.165) is 11.1 Å². The molecule has 0 aliphatic carbocycles. The van der Waals surface area contributed by atoms with Gasteiger partial charge in [0.1, 0.15) is 5.82 Å². The minimum atomic E-state index is -3.67. The molecule has 0 aromatic heterocycles. The number of aryl methyl sites for hydroxylation is 1. The molecule has 0 heterocycles. The van der Waals surface area contributed by atoms with Crippen LogP contribution in [0.15, 0.2) is 65.6 Å². The zero-order valence-corrected chi connectivity index (χ0v) is 16.9. The zero-order chi connectivity index (χ0) is 20.7. The first kappa shape index (κ1) is 21.8. The van der Waals surface area contributed by atoms with Gasteiger partial charge in [-0.1, -0.05) is 42.0 Å². The third-order valence-corrected chi connectivity index (χ3v) is 5.75. The minimum Gasteiger partial charge on any atom is -0.469 e. The summed E-state index contributed by atoms with van der Waals surface area (Å²) < 4.78 is 45.3. The van der Waals surface area contributed by atoms with Crippen LogP contribution >= 0.6 is 0 Å². The number of rotatable bonds is 8. The molecule has 0 bridgehead atoms. The Morgan fingerprint density at radius 3 is 2.29 bits per heavy atom. The number of nitrogens with one attached hydrogen (secondary N) is 1. The van der Waals surface area contributed by atoms with Crippen LogP contribution in [-0.4, -0.2) is 27.5 Å². The van der Waals surface area contributed by atoms with Gasteiger partial charge in [-0.05, 0) is 50.1 Å². The predicted octanol–water partition coefficient (Wildman–Crippen LogP) is 3.39. The molecule has 2 rings (SSSR count). The van der Waals surface area contributed by atoms with Gasteiger partial charge in [-0.25, -0.2) is 17.5 Å². The number of benzene rings is 2. The predicted molar refractivity (Wildman–Crippen MR) is 106 cm³/mol. The molecule has 0 aliphatic heterocycles. The number of carbonyl (C=O) groups excluding carboxylic acids is 1. The van der Waals surface area contributed by atoms with E-state index in [0.29, 0.717) is 6.42 Å². The molecule has 5 nitrogen and oxygen atoms in total. The van der Waals surface area contributed by atoms with E-state index in [1.807, 2.05) is 6.92 Å². The number of hydrogen-bond donors (Lipinski definition) is 1. The Labute approximate surface area is 165 Å². The highest BCUT2D eigenvalue weighted by atomic mass is 32.2. The SMILES string of the molecule is COC(=O)[C@H](/C=C/[C@H](C)NS(=O)(=O)c1ccc(C)cc1)Cc1ccc(F)cc1. The van der Waals surface area contributed by atoms with Gasteiger partial charge >= 0.3 is 5.97 Å². The van der Waals surface area contributed by atoms with Crippen molar-refractivity contribution in [2.45, 2.75) is 31.2 Å². The summed E-state index contributed by atoms with van der Waals surface area (Å²) in [5.41, 5.74) is 1.74. The molecule has 0 amide bonds. The largest absolute Gasteiger partial charge is 0.469 e. The van der Waals surface area contributed by atoms with Crippen molar-refractivity contribution in [3.63, 3.8) is 0 Å². The van der Waals surface area contributed by atoms with Crippen molar-refractivity contribution >= 4 is 16.0 Å². The van der Waals surface area contributed by atoms with Crippen molar-refractivity contribution in [1.29, 1.82) is 0 Å². The molecule has 0 saturated carbocycles. The van der Waals surface area contributed by atoms with Crippen LogP contribution in [0.5, 0.6) is 0 Å². The number of hydrogen-bond acceptors (Lipinski definition) is 4. The second-order valence-electron chi connectivity index (χ2n) is 6.57. The number of sulfonamides is 1. The van der Waals surface area contributed by atoms with Crippen LogP contribution in [-0.2, 0) is 26.0 Å². The number of esters is 1. The summed E-state index contributed by atoms with van der Waals surface area (Å²) in [5.74, 6) is -1.41. The maximum absolute atomic E-state index is 13.1. The Bertz CT molecular complexity index is 922. The second-order valence-corrected chi connectivity index (χ2v) is 8.28. The lowest BCUT2D eigenvalue weighted by Gasteiger charge is -2.14. The van der Waals surface area contributed by atoms with Gasteiger partial charge in [0.25, 0.3) is 0 Å². The number of ether oxygens (including phenoxy) is 1. The van der Waals surface area contributed by atoms with Crippen LogP contribution in [0.3, 0.4) is 0 Å². The maximum atomic E-state index is 13.1. The molecular weight excluding hydrogens is 381 g/mol. The van der Waals surface area contributed by atoms with E-state index >= 15 is 0 Å². The lowest BCUT2D eigenvalue weighted by atomic mass is 9.98. The van der Waals surface area contributed by atoms with E-state index < -0.39 is 28.0 Å². The van der Waals surface area contributed by atoms with Gasteiger partial charge in [0.2, 0.25) is 10.0 Å². The van der Waals surface area contributed by atoms with Gasteiger partial charge in [-0.3, -0.25) is 4.79 Å². The molecule has 2 aromatic rings. The van der Waals surface area contributed by atoms with Gasteiger partial charge in [0.05, 0.1) is 17.9 Å². The molecule has 0 unspecified atom stereocenters. The average Bonchev–Trinajstić information content (AvgIpc) is 2.66. The van der Waals surface area contributed by atoms with Crippen molar-refractivity contribution < 1.29 is 22.3 Å². The van der Waals surface area contributed by atoms with E-state index in [-0.39, 0.29) is 10.7 Å². The second kappa shape index (κ2) is 9.61. The molecule has 0 saturated heterocycles. The monoisotopic (exact) mass is 405 g/mol. The highest BCUT2D eigenvalue weighted by Crippen LogP contribution is 2.15. The Hall–Kier alpha value is -2.51. The quantitative estimate of drug-likeness (QED) is 0.540. The van der Waals surface area contributed by atoms with Gasteiger partial charge in [0, 0.05) is 6.04 Å². The number of carbonyl (C=O) groups is 1. The smallest absolute Gasteiger partial charge is 0.312 e. The molecule has 0 aliphatic rings. The summed E-state index contributed by atoms with van der Waals surface area (Å²) >= 11 is 0. The Morgan fingerprint density at radius 1 is 1.11 bits per heavy atom. The summed E-state index contributed by atoms with van der Waals surface area (Å²) in [6.07, 6.45) is 3.54. The van der Waals surface area contributed by atoms with Crippen molar-refractivity contribution in [3.8, 4) is 0 Å². The van der Waals surface area contributed by atoms with E-state index in [1.54, 1.807) is 55.5 Å². The molecule has 1 N–H and O–H groups in total. The Kier molecular flexibility index (Phi) is 7.48. The first-order valence-corrected chi connectivity index (χ1v) is 10.3. The average molecular weight is 405 g/mol. The standard InChI is InChI=1S/C21H24FNO4S/c1-15-4-12-20(13-5-15)28(25,26)23-16(2)6-9-18(21(24)27-3)14-17-7-10-19(22)11-8-17/h4-13,16,18,23H,14H2,1-3H3/b9-6+/t16-,18+/m0/s1. The van der Waals surface area contributed by atoms with Crippen LogP contribution in [0.1, 0.15) is 18.1 Å². The van der Waals surface area contributed by atoms with Crippen molar-refractivity contribution in [2.24, 2.45) is 5.92 Å². The summed E-state index contributed by atoms with van der Waals surface area (Å²) in [6, 6.07) is 11.9. The van der Waals surface area contributed by atoms with E-state index in [4.69, 9.17) is 4.74 Å². The molecule has 7 heteroatoms. The maximum Gasteiger partial charge on any atom is 0.312 e. The number of methoxy groups -OCH3 is 1. The fourth-order valence-corrected chi connectivity index (χ4v) is 3.82. The van der Waals surface area contributed by atoms with E-state index in [9.17, 15) is 17.6 Å². The van der Waals surface area contributed by atoms with E-state index in [1.165, 1.54) is 19.2 Å².